The van der Waals surface area contributed by atoms with Gasteiger partial charge in [-0.25, -0.2) is 0 Å². The summed E-state index contributed by atoms with van der Waals surface area (Å²) in [5, 5.41) is 4.51. The molecule has 0 radical (unpaired) electrons. The van der Waals surface area contributed by atoms with Crippen molar-refractivity contribution in [2.75, 3.05) is 7.11 Å². The Bertz CT molecular complexity index is 604. The summed E-state index contributed by atoms with van der Waals surface area (Å²) in [5.41, 5.74) is 0.840. The summed E-state index contributed by atoms with van der Waals surface area (Å²) in [6, 6.07) is 5.15. The molecular formula is C13H12BrClN2O2. The molecule has 1 heterocycles. The van der Waals surface area contributed by atoms with Gasteiger partial charge < -0.3 is 4.74 Å². The normalized spacial score (nSPS) is 10.5. The van der Waals surface area contributed by atoms with Crippen LogP contribution in [0.5, 0.6) is 5.75 Å². The van der Waals surface area contributed by atoms with Crippen LogP contribution in [-0.4, -0.2) is 22.7 Å². The van der Waals surface area contributed by atoms with Crippen LogP contribution < -0.4 is 4.74 Å². The topological polar surface area (TPSA) is 44.1 Å². The number of hydrogen-bond acceptors (Lipinski definition) is 3. The minimum atomic E-state index is -0.200. The fourth-order valence-electron chi connectivity index (χ4n) is 1.79. The molecule has 6 heteroatoms. The van der Waals surface area contributed by atoms with Crippen molar-refractivity contribution in [3.63, 3.8) is 0 Å². The molecule has 1 aromatic heterocycles. The lowest BCUT2D eigenvalue weighted by molar-refractivity contribution is 0.102. The number of aryl methyl sites for hydroxylation is 1. The minimum absolute atomic E-state index is 0.200. The van der Waals surface area contributed by atoms with Crippen molar-refractivity contribution in [1.29, 1.82) is 0 Å². The van der Waals surface area contributed by atoms with Crippen molar-refractivity contribution in [1.82, 2.24) is 9.78 Å². The van der Waals surface area contributed by atoms with Gasteiger partial charge in [0.15, 0.2) is 11.4 Å². The molecule has 4 nitrogen and oxygen atoms in total. The first-order valence-electron chi connectivity index (χ1n) is 5.68. The monoisotopic (exact) mass is 342 g/mol. The van der Waals surface area contributed by atoms with Crippen LogP contribution in [0.25, 0.3) is 0 Å². The number of aromatic nitrogens is 2. The Morgan fingerprint density at radius 1 is 1.53 bits per heavy atom. The Labute approximate surface area is 124 Å². The smallest absolute Gasteiger partial charge is 0.216 e. The molecule has 19 heavy (non-hydrogen) atoms. The molecule has 0 atom stereocenters. The summed E-state index contributed by atoms with van der Waals surface area (Å²) >= 11 is 9.42. The molecule has 0 fully saturated rings. The summed E-state index contributed by atoms with van der Waals surface area (Å²) < 4.78 is 7.60. The Morgan fingerprint density at radius 2 is 2.26 bits per heavy atom. The highest BCUT2D eigenvalue weighted by atomic mass is 79.9. The first-order chi connectivity index (χ1) is 9.08. The van der Waals surface area contributed by atoms with Gasteiger partial charge >= 0.3 is 0 Å². The molecular weight excluding hydrogens is 332 g/mol. The van der Waals surface area contributed by atoms with Crippen LogP contribution in [-0.2, 0) is 6.54 Å². The number of nitrogens with zero attached hydrogens (tertiary/aromatic N) is 2. The number of rotatable bonds is 4. The molecule has 2 rings (SSSR count). The van der Waals surface area contributed by atoms with Gasteiger partial charge in [0.25, 0.3) is 0 Å². The second-order valence-electron chi connectivity index (χ2n) is 3.83. The maximum absolute atomic E-state index is 12.6. The number of carbonyl (C=O) groups is 1. The SMILES string of the molecule is CCn1ncc(OC)c1C(=O)c1ccc(Br)cc1Cl. The highest BCUT2D eigenvalue weighted by Gasteiger charge is 2.22. The molecule has 0 unspecified atom stereocenters. The zero-order chi connectivity index (χ0) is 14.0. The van der Waals surface area contributed by atoms with Crippen molar-refractivity contribution in [2.24, 2.45) is 0 Å². The molecule has 2 aromatic rings. The minimum Gasteiger partial charge on any atom is -0.493 e. The van der Waals surface area contributed by atoms with Crippen LogP contribution >= 0.6 is 27.5 Å². The summed E-state index contributed by atoms with van der Waals surface area (Å²) in [5.74, 6) is 0.250. The third kappa shape index (κ3) is 2.67. The van der Waals surface area contributed by atoms with Gasteiger partial charge in [-0.15, -0.1) is 0 Å². The first-order valence-corrected chi connectivity index (χ1v) is 6.85. The lowest BCUT2D eigenvalue weighted by Crippen LogP contribution is -2.12. The van der Waals surface area contributed by atoms with Crippen LogP contribution in [0.3, 0.4) is 0 Å². The van der Waals surface area contributed by atoms with E-state index in [1.165, 1.54) is 13.3 Å². The largest absolute Gasteiger partial charge is 0.493 e. The predicted molar refractivity (Wildman–Crippen MR) is 77.0 cm³/mol. The molecule has 0 bridgehead atoms. The van der Waals surface area contributed by atoms with Crippen LogP contribution in [0.1, 0.15) is 23.0 Å². The summed E-state index contributed by atoms with van der Waals surface area (Å²) in [7, 11) is 1.51. The lowest BCUT2D eigenvalue weighted by Gasteiger charge is -2.08. The van der Waals surface area contributed by atoms with E-state index in [-0.39, 0.29) is 5.78 Å². The van der Waals surface area contributed by atoms with Crippen molar-refractivity contribution >= 4 is 33.3 Å². The number of benzene rings is 1. The van der Waals surface area contributed by atoms with Crippen LogP contribution in [0.4, 0.5) is 0 Å². The van der Waals surface area contributed by atoms with E-state index in [1.54, 1.807) is 22.9 Å². The molecule has 0 spiro atoms. The molecule has 0 saturated heterocycles. The highest BCUT2D eigenvalue weighted by molar-refractivity contribution is 9.10. The third-order valence-corrected chi connectivity index (χ3v) is 3.52. The second kappa shape index (κ2) is 5.75. The number of halogens is 2. The number of methoxy groups -OCH3 is 1. The van der Waals surface area contributed by atoms with Gasteiger partial charge in [-0.2, -0.15) is 5.10 Å². The van der Waals surface area contributed by atoms with Crippen LogP contribution in [0.15, 0.2) is 28.9 Å². The van der Waals surface area contributed by atoms with E-state index in [4.69, 9.17) is 16.3 Å². The molecule has 0 aliphatic carbocycles. The van der Waals surface area contributed by atoms with Gasteiger partial charge in [0.1, 0.15) is 0 Å². The fourth-order valence-corrected chi connectivity index (χ4v) is 2.55. The average molecular weight is 344 g/mol. The Balaban J connectivity index is 2.52. The number of ether oxygens (including phenoxy) is 1. The maximum Gasteiger partial charge on any atom is 0.216 e. The number of hydrogen-bond donors (Lipinski definition) is 0. The number of ketones is 1. The van der Waals surface area contributed by atoms with Crippen molar-refractivity contribution < 1.29 is 9.53 Å². The van der Waals surface area contributed by atoms with Gasteiger partial charge in [0.2, 0.25) is 5.78 Å². The first kappa shape index (κ1) is 14.1. The second-order valence-corrected chi connectivity index (χ2v) is 5.15. The van der Waals surface area contributed by atoms with Gasteiger partial charge in [-0.05, 0) is 25.1 Å². The molecule has 100 valence electrons. The summed E-state index contributed by atoms with van der Waals surface area (Å²) in [6.07, 6.45) is 1.53. The number of carbonyl (C=O) groups excluding carboxylic acids is 1. The molecule has 1 aromatic carbocycles. The predicted octanol–water partition coefficient (Wildman–Crippen LogP) is 3.56. The fraction of sp³-hybridized carbons (Fsp3) is 0.231. The molecule has 0 saturated carbocycles. The van der Waals surface area contributed by atoms with E-state index in [0.29, 0.717) is 28.6 Å². The van der Waals surface area contributed by atoms with Gasteiger partial charge in [-0.1, -0.05) is 27.5 Å². The van der Waals surface area contributed by atoms with Gasteiger partial charge in [-0.3, -0.25) is 9.48 Å². The quantitative estimate of drug-likeness (QED) is 0.797. The van der Waals surface area contributed by atoms with Crippen LogP contribution in [0, 0.1) is 0 Å². The molecule has 0 N–H and O–H groups in total. The van der Waals surface area contributed by atoms with E-state index in [9.17, 15) is 4.79 Å². The van der Waals surface area contributed by atoms with E-state index in [0.717, 1.165) is 4.47 Å². The zero-order valence-electron chi connectivity index (χ0n) is 10.5. The molecule has 0 aliphatic rings. The van der Waals surface area contributed by atoms with E-state index < -0.39 is 0 Å². The standard InChI is InChI=1S/C13H12BrClN2O2/c1-3-17-12(11(19-2)7-16-17)13(18)9-5-4-8(14)6-10(9)15/h4-7H,3H2,1-2H3. The zero-order valence-corrected chi connectivity index (χ0v) is 12.8. The average Bonchev–Trinajstić information content (AvgIpc) is 2.80. The Kier molecular flexibility index (Phi) is 4.27. The highest BCUT2D eigenvalue weighted by Crippen LogP contribution is 2.27. The van der Waals surface area contributed by atoms with Crippen molar-refractivity contribution in [3.05, 3.63) is 45.1 Å². The third-order valence-electron chi connectivity index (χ3n) is 2.72. The van der Waals surface area contributed by atoms with Crippen LogP contribution in [0.2, 0.25) is 5.02 Å². The van der Waals surface area contributed by atoms with Gasteiger partial charge in [0.05, 0.1) is 18.3 Å². The Hall–Kier alpha value is -1.33. The Morgan fingerprint density at radius 3 is 2.84 bits per heavy atom. The van der Waals surface area contributed by atoms with Crippen molar-refractivity contribution in [3.8, 4) is 5.75 Å². The molecule has 0 aliphatic heterocycles. The molecule has 0 amide bonds. The lowest BCUT2D eigenvalue weighted by atomic mass is 10.1. The van der Waals surface area contributed by atoms with Crippen molar-refractivity contribution in [2.45, 2.75) is 13.5 Å². The summed E-state index contributed by atoms with van der Waals surface area (Å²) in [6.45, 7) is 2.49. The van der Waals surface area contributed by atoms with Gasteiger partial charge in [0, 0.05) is 16.6 Å². The van der Waals surface area contributed by atoms with E-state index >= 15 is 0 Å². The maximum atomic E-state index is 12.6. The summed E-state index contributed by atoms with van der Waals surface area (Å²) in [4.78, 5) is 12.6. The van der Waals surface area contributed by atoms with E-state index in [2.05, 4.69) is 21.0 Å². The van der Waals surface area contributed by atoms with E-state index in [1.807, 2.05) is 6.92 Å².